The quantitative estimate of drug-likeness (QED) is 0.342. The van der Waals surface area contributed by atoms with Gasteiger partial charge < -0.3 is 11.1 Å². The van der Waals surface area contributed by atoms with E-state index >= 15 is 0 Å². The maximum absolute atomic E-state index is 11.8. The lowest BCUT2D eigenvalue weighted by Gasteiger charge is -2.06. The topological polar surface area (TPSA) is 98.3 Å². The SMILES string of the molecule is CCCCCCNC(=O)c1ccc([N+](=O)[O-])c(N)c1. The molecule has 3 N–H and O–H groups in total. The van der Waals surface area contributed by atoms with E-state index in [0.29, 0.717) is 12.1 Å². The van der Waals surface area contributed by atoms with Crippen molar-refractivity contribution in [2.75, 3.05) is 12.3 Å². The second kappa shape index (κ2) is 7.35. The molecule has 0 aliphatic rings. The number of nitrogens with two attached hydrogens (primary N) is 1. The number of hydrogen-bond donors (Lipinski definition) is 2. The van der Waals surface area contributed by atoms with Crippen LogP contribution >= 0.6 is 0 Å². The Labute approximate surface area is 112 Å². The van der Waals surface area contributed by atoms with Gasteiger partial charge in [0.1, 0.15) is 5.69 Å². The lowest BCUT2D eigenvalue weighted by Crippen LogP contribution is -2.24. The van der Waals surface area contributed by atoms with Gasteiger partial charge in [-0.3, -0.25) is 14.9 Å². The van der Waals surface area contributed by atoms with Gasteiger partial charge in [-0.1, -0.05) is 26.2 Å². The second-order valence-corrected chi connectivity index (χ2v) is 4.35. The molecule has 1 amide bonds. The van der Waals surface area contributed by atoms with Crippen LogP contribution in [0.15, 0.2) is 18.2 Å². The number of carbonyl (C=O) groups is 1. The highest BCUT2D eigenvalue weighted by Gasteiger charge is 2.14. The van der Waals surface area contributed by atoms with Crippen LogP contribution in [-0.4, -0.2) is 17.4 Å². The maximum atomic E-state index is 11.8. The molecule has 1 rings (SSSR count). The summed E-state index contributed by atoms with van der Waals surface area (Å²) in [5, 5.41) is 13.4. The summed E-state index contributed by atoms with van der Waals surface area (Å²) in [6.45, 7) is 2.73. The van der Waals surface area contributed by atoms with E-state index in [4.69, 9.17) is 5.73 Å². The Morgan fingerprint density at radius 3 is 2.68 bits per heavy atom. The van der Waals surface area contributed by atoms with E-state index in [1.807, 2.05) is 0 Å². The fraction of sp³-hybridized carbons (Fsp3) is 0.462. The van der Waals surface area contributed by atoms with Crippen molar-refractivity contribution in [3.63, 3.8) is 0 Å². The van der Waals surface area contributed by atoms with Gasteiger partial charge in [0.25, 0.3) is 11.6 Å². The van der Waals surface area contributed by atoms with Crippen molar-refractivity contribution in [3.05, 3.63) is 33.9 Å². The van der Waals surface area contributed by atoms with Gasteiger partial charge in [-0.15, -0.1) is 0 Å². The first-order valence-electron chi connectivity index (χ1n) is 6.38. The number of anilines is 1. The van der Waals surface area contributed by atoms with Crippen LogP contribution in [0.1, 0.15) is 43.0 Å². The molecule has 0 radical (unpaired) electrons. The third-order valence-corrected chi connectivity index (χ3v) is 2.80. The van der Waals surface area contributed by atoms with Crippen molar-refractivity contribution < 1.29 is 9.72 Å². The van der Waals surface area contributed by atoms with Crippen molar-refractivity contribution in [1.29, 1.82) is 0 Å². The predicted octanol–water partition coefficient (Wildman–Crippen LogP) is 2.49. The van der Waals surface area contributed by atoms with Crippen LogP contribution in [0.4, 0.5) is 11.4 Å². The zero-order valence-electron chi connectivity index (χ0n) is 11.0. The third-order valence-electron chi connectivity index (χ3n) is 2.80. The van der Waals surface area contributed by atoms with Crippen LogP contribution in [-0.2, 0) is 0 Å². The zero-order chi connectivity index (χ0) is 14.3. The number of nitrogens with one attached hydrogen (secondary N) is 1. The minimum Gasteiger partial charge on any atom is -0.393 e. The summed E-state index contributed by atoms with van der Waals surface area (Å²) >= 11 is 0. The first-order valence-corrected chi connectivity index (χ1v) is 6.38. The Morgan fingerprint density at radius 1 is 1.37 bits per heavy atom. The van der Waals surface area contributed by atoms with Crippen LogP contribution in [0.5, 0.6) is 0 Å². The monoisotopic (exact) mass is 265 g/mol. The molecule has 0 aliphatic carbocycles. The third kappa shape index (κ3) is 4.57. The average Bonchev–Trinajstić information content (AvgIpc) is 2.37. The molecule has 0 unspecified atom stereocenters. The van der Waals surface area contributed by atoms with Crippen LogP contribution in [0.2, 0.25) is 0 Å². The molecule has 6 heteroatoms. The van der Waals surface area contributed by atoms with Crippen LogP contribution in [0.3, 0.4) is 0 Å². The van der Waals surface area contributed by atoms with Gasteiger partial charge in [0.2, 0.25) is 0 Å². The molecule has 0 spiro atoms. The normalized spacial score (nSPS) is 10.2. The van der Waals surface area contributed by atoms with E-state index in [9.17, 15) is 14.9 Å². The first kappa shape index (κ1) is 14.9. The molecule has 104 valence electrons. The van der Waals surface area contributed by atoms with Gasteiger partial charge >= 0.3 is 0 Å². The Hall–Kier alpha value is -2.11. The molecule has 0 aromatic heterocycles. The summed E-state index contributed by atoms with van der Waals surface area (Å²) in [5.74, 6) is -0.252. The molecular formula is C13H19N3O3. The smallest absolute Gasteiger partial charge is 0.292 e. The van der Waals surface area contributed by atoms with Gasteiger partial charge in [-0.05, 0) is 18.6 Å². The summed E-state index contributed by atoms with van der Waals surface area (Å²) in [6, 6.07) is 4.00. The highest BCUT2D eigenvalue weighted by atomic mass is 16.6. The number of nitro benzene ring substituents is 1. The summed E-state index contributed by atoms with van der Waals surface area (Å²) < 4.78 is 0. The fourth-order valence-corrected chi connectivity index (χ4v) is 1.72. The number of benzene rings is 1. The minimum atomic E-state index is -0.568. The standard InChI is InChI=1S/C13H19N3O3/c1-2-3-4-5-8-15-13(17)10-6-7-12(16(18)19)11(14)9-10/h6-7,9H,2-5,8,14H2,1H3,(H,15,17). The summed E-state index contributed by atoms with van der Waals surface area (Å²) in [7, 11) is 0. The van der Waals surface area contributed by atoms with Crippen LogP contribution < -0.4 is 11.1 Å². The van der Waals surface area contributed by atoms with Gasteiger partial charge in [0, 0.05) is 18.2 Å². The zero-order valence-corrected chi connectivity index (χ0v) is 11.0. The molecule has 0 heterocycles. The number of unbranched alkanes of at least 4 members (excludes halogenated alkanes) is 3. The number of nitrogens with zero attached hydrogens (tertiary/aromatic N) is 1. The van der Waals surface area contributed by atoms with Crippen molar-refractivity contribution in [1.82, 2.24) is 5.32 Å². The van der Waals surface area contributed by atoms with E-state index in [1.165, 1.54) is 18.2 Å². The predicted molar refractivity (Wildman–Crippen MR) is 74.0 cm³/mol. The maximum Gasteiger partial charge on any atom is 0.292 e. The Balaban J connectivity index is 2.53. The summed E-state index contributed by atoms with van der Waals surface area (Å²) in [6.07, 6.45) is 4.31. The summed E-state index contributed by atoms with van der Waals surface area (Å²) in [4.78, 5) is 21.8. The molecule has 0 bridgehead atoms. The lowest BCUT2D eigenvalue weighted by molar-refractivity contribution is -0.383. The minimum absolute atomic E-state index is 0.00336. The first-order chi connectivity index (χ1) is 9.06. The van der Waals surface area contributed by atoms with Gasteiger partial charge in [-0.25, -0.2) is 0 Å². The lowest BCUT2D eigenvalue weighted by atomic mass is 10.1. The van der Waals surface area contributed by atoms with E-state index < -0.39 is 4.92 Å². The van der Waals surface area contributed by atoms with Gasteiger partial charge in [0.05, 0.1) is 4.92 Å². The number of amides is 1. The second-order valence-electron chi connectivity index (χ2n) is 4.35. The van der Waals surface area contributed by atoms with Crippen molar-refractivity contribution >= 4 is 17.3 Å². The van der Waals surface area contributed by atoms with Crippen LogP contribution in [0, 0.1) is 10.1 Å². The molecule has 0 atom stereocenters. The number of carbonyl (C=O) groups excluding carboxylic acids is 1. The number of rotatable bonds is 7. The molecule has 6 nitrogen and oxygen atoms in total. The highest BCUT2D eigenvalue weighted by Crippen LogP contribution is 2.21. The fourth-order valence-electron chi connectivity index (χ4n) is 1.72. The van der Waals surface area contributed by atoms with Crippen LogP contribution in [0.25, 0.3) is 0 Å². The largest absolute Gasteiger partial charge is 0.393 e. The molecule has 0 saturated carbocycles. The van der Waals surface area contributed by atoms with Gasteiger partial charge in [-0.2, -0.15) is 0 Å². The van der Waals surface area contributed by atoms with E-state index in [0.717, 1.165) is 25.7 Å². The van der Waals surface area contributed by atoms with E-state index in [1.54, 1.807) is 0 Å². The molecular weight excluding hydrogens is 246 g/mol. The number of nitro groups is 1. The van der Waals surface area contributed by atoms with E-state index in [-0.39, 0.29) is 17.3 Å². The number of nitrogen functional groups attached to an aromatic ring is 1. The van der Waals surface area contributed by atoms with Gasteiger partial charge in [0.15, 0.2) is 0 Å². The molecule has 1 aromatic rings. The Kier molecular flexibility index (Phi) is 5.78. The molecule has 1 aromatic carbocycles. The summed E-state index contributed by atoms with van der Waals surface area (Å²) in [5.41, 5.74) is 5.70. The molecule has 0 fully saturated rings. The molecule has 0 saturated heterocycles. The Morgan fingerprint density at radius 2 is 2.11 bits per heavy atom. The van der Waals surface area contributed by atoms with Crippen molar-refractivity contribution in [2.24, 2.45) is 0 Å². The number of hydrogen-bond acceptors (Lipinski definition) is 4. The highest BCUT2D eigenvalue weighted by molar-refractivity contribution is 5.95. The average molecular weight is 265 g/mol. The van der Waals surface area contributed by atoms with Crippen molar-refractivity contribution in [2.45, 2.75) is 32.6 Å². The van der Waals surface area contributed by atoms with Crippen molar-refractivity contribution in [3.8, 4) is 0 Å². The molecule has 0 aliphatic heterocycles. The van der Waals surface area contributed by atoms with E-state index in [2.05, 4.69) is 12.2 Å². The Bertz CT molecular complexity index is 460. The molecule has 19 heavy (non-hydrogen) atoms.